The van der Waals surface area contributed by atoms with E-state index in [1.54, 1.807) is 12.1 Å². The number of hydrogen-bond acceptors (Lipinski definition) is 7. The summed E-state index contributed by atoms with van der Waals surface area (Å²) in [7, 11) is -3.88. The van der Waals surface area contributed by atoms with Gasteiger partial charge in [0.25, 0.3) is 11.8 Å². The normalized spacial score (nSPS) is 15.6. The van der Waals surface area contributed by atoms with Gasteiger partial charge < -0.3 is 15.8 Å². The van der Waals surface area contributed by atoms with Crippen LogP contribution in [0.5, 0.6) is 0 Å². The first-order valence-corrected chi connectivity index (χ1v) is 12.3. The van der Waals surface area contributed by atoms with Gasteiger partial charge in [-0.25, -0.2) is 8.42 Å². The number of amides is 2. The Kier molecular flexibility index (Phi) is 7.32. The Balaban J connectivity index is 1.54. The molecule has 0 radical (unpaired) electrons. The fourth-order valence-corrected chi connectivity index (χ4v) is 5.82. The zero-order chi connectivity index (χ0) is 23.5. The van der Waals surface area contributed by atoms with Crippen LogP contribution in [-0.2, 0) is 37.2 Å². The van der Waals surface area contributed by atoms with Crippen LogP contribution in [0.4, 0.5) is 5.00 Å². The Morgan fingerprint density at radius 1 is 1.22 bits per heavy atom. The summed E-state index contributed by atoms with van der Waals surface area (Å²) in [5, 5.41) is 2.93. The Bertz CT molecular complexity index is 1140. The second kappa shape index (κ2) is 9.80. The SMILES string of the molecule is Cc1ccc(S(=O)(=O)NCC(=O)OCC(=O)Nc2sc3c(c2C(N)=O)CC[C@@H](C)C3)cc1. The summed E-state index contributed by atoms with van der Waals surface area (Å²) in [6.07, 6.45) is 2.47. The van der Waals surface area contributed by atoms with Gasteiger partial charge in [-0.2, -0.15) is 4.72 Å². The van der Waals surface area contributed by atoms with Crippen molar-refractivity contribution in [3.8, 4) is 0 Å². The number of anilines is 1. The van der Waals surface area contributed by atoms with Crippen LogP contribution in [0, 0.1) is 12.8 Å². The average molecular weight is 480 g/mol. The molecule has 0 unspecified atom stereocenters. The molecular weight excluding hydrogens is 454 g/mol. The number of rotatable bonds is 8. The van der Waals surface area contributed by atoms with Crippen molar-refractivity contribution in [2.24, 2.45) is 11.7 Å². The lowest BCUT2D eigenvalue weighted by Crippen LogP contribution is -2.32. The molecule has 4 N–H and O–H groups in total. The Morgan fingerprint density at radius 2 is 1.91 bits per heavy atom. The number of aryl methyl sites for hydroxylation is 1. The molecule has 2 amide bonds. The number of nitrogens with one attached hydrogen (secondary N) is 2. The first-order chi connectivity index (χ1) is 15.1. The lowest BCUT2D eigenvalue weighted by Gasteiger charge is -2.18. The van der Waals surface area contributed by atoms with E-state index in [0.717, 1.165) is 35.3 Å². The number of nitrogens with two attached hydrogens (primary N) is 1. The number of carbonyl (C=O) groups excluding carboxylic acids is 3. The van der Waals surface area contributed by atoms with Crippen molar-refractivity contribution < 1.29 is 27.5 Å². The molecule has 1 aliphatic rings. The van der Waals surface area contributed by atoms with Crippen LogP contribution in [0.2, 0.25) is 0 Å². The van der Waals surface area contributed by atoms with Crippen molar-refractivity contribution in [3.05, 3.63) is 45.8 Å². The zero-order valence-electron chi connectivity index (χ0n) is 17.8. The van der Waals surface area contributed by atoms with Crippen molar-refractivity contribution in [1.29, 1.82) is 0 Å². The summed E-state index contributed by atoms with van der Waals surface area (Å²) in [5.41, 5.74) is 7.60. The largest absolute Gasteiger partial charge is 0.455 e. The quantitative estimate of drug-likeness (QED) is 0.492. The van der Waals surface area contributed by atoms with Crippen LogP contribution >= 0.6 is 11.3 Å². The third-order valence-electron chi connectivity index (χ3n) is 5.11. The molecule has 0 saturated carbocycles. The number of carbonyl (C=O) groups is 3. The van der Waals surface area contributed by atoms with Gasteiger partial charge in [-0.15, -0.1) is 11.3 Å². The van der Waals surface area contributed by atoms with Gasteiger partial charge in [0, 0.05) is 4.88 Å². The predicted octanol–water partition coefficient (Wildman–Crippen LogP) is 1.74. The van der Waals surface area contributed by atoms with Gasteiger partial charge in [-0.1, -0.05) is 24.6 Å². The van der Waals surface area contributed by atoms with Crippen LogP contribution < -0.4 is 15.8 Å². The zero-order valence-corrected chi connectivity index (χ0v) is 19.4. The minimum atomic E-state index is -3.88. The van der Waals surface area contributed by atoms with Crippen molar-refractivity contribution >= 4 is 44.1 Å². The maximum Gasteiger partial charge on any atom is 0.321 e. The van der Waals surface area contributed by atoms with Gasteiger partial charge in [-0.3, -0.25) is 14.4 Å². The standard InChI is InChI=1S/C21H25N3O6S2/c1-12-3-6-14(7-4-12)32(28,29)23-10-18(26)30-11-17(25)24-21-19(20(22)27)15-8-5-13(2)9-16(15)31-21/h3-4,6-7,13,23H,5,8-11H2,1-2H3,(H2,22,27)(H,24,25)/t13-/m1/s1. The topological polar surface area (TPSA) is 145 Å². The minimum Gasteiger partial charge on any atom is -0.455 e. The maximum atomic E-state index is 12.3. The number of thiophene rings is 1. The summed E-state index contributed by atoms with van der Waals surface area (Å²) in [4.78, 5) is 37.1. The highest BCUT2D eigenvalue weighted by atomic mass is 32.2. The van der Waals surface area contributed by atoms with Gasteiger partial charge in [0.05, 0.1) is 10.5 Å². The Morgan fingerprint density at radius 3 is 2.56 bits per heavy atom. The molecule has 1 atom stereocenters. The highest BCUT2D eigenvalue weighted by Gasteiger charge is 2.27. The molecule has 0 bridgehead atoms. The van der Waals surface area contributed by atoms with E-state index in [-0.39, 0.29) is 4.90 Å². The molecule has 3 rings (SSSR count). The molecule has 1 aliphatic carbocycles. The van der Waals surface area contributed by atoms with E-state index in [1.807, 2.05) is 6.92 Å². The van der Waals surface area contributed by atoms with E-state index in [0.29, 0.717) is 16.5 Å². The van der Waals surface area contributed by atoms with Crippen molar-refractivity contribution in [3.63, 3.8) is 0 Å². The van der Waals surface area contributed by atoms with Gasteiger partial charge in [0.1, 0.15) is 11.5 Å². The van der Waals surface area contributed by atoms with Gasteiger partial charge in [0.2, 0.25) is 10.0 Å². The number of benzene rings is 1. The fraction of sp³-hybridized carbons (Fsp3) is 0.381. The Hall–Kier alpha value is -2.76. The summed E-state index contributed by atoms with van der Waals surface area (Å²) in [6, 6.07) is 6.13. The van der Waals surface area contributed by atoms with Gasteiger partial charge in [0.15, 0.2) is 6.61 Å². The molecule has 11 heteroatoms. The fourth-order valence-electron chi connectivity index (χ4n) is 3.41. The molecule has 1 heterocycles. The molecule has 1 aromatic heterocycles. The number of esters is 1. The van der Waals surface area contributed by atoms with Crippen molar-refractivity contribution in [2.45, 2.75) is 38.0 Å². The summed E-state index contributed by atoms with van der Waals surface area (Å²) in [6.45, 7) is 2.70. The van der Waals surface area contributed by atoms with E-state index in [1.165, 1.54) is 23.5 Å². The summed E-state index contributed by atoms with van der Waals surface area (Å²) >= 11 is 1.30. The monoisotopic (exact) mass is 479 g/mol. The highest BCUT2D eigenvalue weighted by Crippen LogP contribution is 2.39. The predicted molar refractivity (Wildman–Crippen MR) is 120 cm³/mol. The molecule has 0 spiro atoms. The van der Waals surface area contributed by atoms with Gasteiger partial charge in [-0.05, 0) is 49.8 Å². The molecular formula is C21H25N3O6S2. The summed E-state index contributed by atoms with van der Waals surface area (Å²) in [5.74, 6) is -1.69. The lowest BCUT2D eigenvalue weighted by atomic mass is 9.88. The highest BCUT2D eigenvalue weighted by molar-refractivity contribution is 7.89. The number of ether oxygens (including phenoxy) is 1. The smallest absolute Gasteiger partial charge is 0.321 e. The molecule has 32 heavy (non-hydrogen) atoms. The molecule has 9 nitrogen and oxygen atoms in total. The minimum absolute atomic E-state index is 0.0172. The van der Waals surface area contributed by atoms with Crippen molar-refractivity contribution in [1.82, 2.24) is 4.72 Å². The second-order valence-electron chi connectivity index (χ2n) is 7.77. The number of primary amides is 1. The van der Waals surface area contributed by atoms with E-state index in [2.05, 4.69) is 17.0 Å². The van der Waals surface area contributed by atoms with Crippen LogP contribution in [0.25, 0.3) is 0 Å². The van der Waals surface area contributed by atoms with Crippen LogP contribution in [-0.4, -0.2) is 39.4 Å². The molecule has 0 fully saturated rings. The number of sulfonamides is 1. The molecule has 0 saturated heterocycles. The van der Waals surface area contributed by atoms with E-state index < -0.39 is 41.0 Å². The van der Waals surface area contributed by atoms with E-state index >= 15 is 0 Å². The molecule has 172 valence electrons. The van der Waals surface area contributed by atoms with Crippen LogP contribution in [0.3, 0.4) is 0 Å². The second-order valence-corrected chi connectivity index (χ2v) is 10.6. The molecule has 0 aliphatic heterocycles. The molecule has 1 aromatic carbocycles. The van der Waals surface area contributed by atoms with Crippen LogP contribution in [0.1, 0.15) is 39.7 Å². The van der Waals surface area contributed by atoms with E-state index in [4.69, 9.17) is 10.5 Å². The molecule has 2 aromatic rings. The average Bonchev–Trinajstić information content (AvgIpc) is 3.08. The number of fused-ring (bicyclic) bond motifs is 1. The Labute approximate surface area is 190 Å². The third-order valence-corrected chi connectivity index (χ3v) is 7.70. The number of hydrogen-bond donors (Lipinski definition) is 3. The lowest BCUT2D eigenvalue weighted by molar-refractivity contribution is -0.146. The first-order valence-electron chi connectivity index (χ1n) is 10.0. The van der Waals surface area contributed by atoms with Crippen molar-refractivity contribution in [2.75, 3.05) is 18.5 Å². The maximum absolute atomic E-state index is 12.3. The third kappa shape index (κ3) is 5.72. The summed E-state index contributed by atoms with van der Waals surface area (Å²) < 4.78 is 31.4. The van der Waals surface area contributed by atoms with Crippen LogP contribution in [0.15, 0.2) is 29.2 Å². The first kappa shape index (κ1) is 23.9. The van der Waals surface area contributed by atoms with E-state index in [9.17, 15) is 22.8 Å². The van der Waals surface area contributed by atoms with Gasteiger partial charge >= 0.3 is 5.97 Å².